The molecule has 0 fully saturated rings. The minimum Gasteiger partial charge on any atom is -0.495 e. The summed E-state index contributed by atoms with van der Waals surface area (Å²) in [4.78, 5) is 28.5. The summed E-state index contributed by atoms with van der Waals surface area (Å²) in [6.45, 7) is 7.02. The molecule has 8 nitrogen and oxygen atoms in total. The normalized spacial score (nSPS) is 12.8. The molecule has 3 rings (SSSR count). The number of rotatable bonds is 12. The van der Waals surface area contributed by atoms with Gasteiger partial charge in [0.25, 0.3) is 10.0 Å². The number of nitrogens with one attached hydrogen (secondary N) is 1. The van der Waals surface area contributed by atoms with Crippen molar-refractivity contribution in [1.29, 1.82) is 0 Å². The summed E-state index contributed by atoms with van der Waals surface area (Å²) in [6.07, 6.45) is 0.728. The summed E-state index contributed by atoms with van der Waals surface area (Å²) in [6, 6.07) is 19.0. The zero-order valence-corrected chi connectivity index (χ0v) is 25.0. The Morgan fingerprint density at radius 2 is 1.65 bits per heavy atom. The van der Waals surface area contributed by atoms with Crippen LogP contribution in [0.3, 0.4) is 0 Å². The van der Waals surface area contributed by atoms with Gasteiger partial charge in [0.2, 0.25) is 11.8 Å². The van der Waals surface area contributed by atoms with Gasteiger partial charge in [-0.3, -0.25) is 13.9 Å². The Morgan fingerprint density at radius 1 is 1.00 bits per heavy atom. The number of ether oxygens (including phenoxy) is 1. The lowest BCUT2D eigenvalue weighted by atomic mass is 10.1. The molecular formula is C30H36ClN3O5S. The number of anilines is 1. The van der Waals surface area contributed by atoms with Gasteiger partial charge in [0.15, 0.2) is 0 Å². The Hall–Kier alpha value is -3.56. The maximum Gasteiger partial charge on any atom is 0.264 e. The van der Waals surface area contributed by atoms with Crippen molar-refractivity contribution < 1.29 is 22.7 Å². The highest BCUT2D eigenvalue weighted by atomic mass is 35.5. The zero-order chi connectivity index (χ0) is 29.4. The van der Waals surface area contributed by atoms with E-state index in [-0.39, 0.29) is 34.1 Å². The number of carbonyl (C=O) groups is 2. The van der Waals surface area contributed by atoms with Crippen molar-refractivity contribution in [2.45, 2.75) is 57.6 Å². The molecule has 0 radical (unpaired) electrons. The van der Waals surface area contributed by atoms with Crippen LogP contribution in [0.15, 0.2) is 77.7 Å². The molecule has 40 heavy (non-hydrogen) atoms. The maximum absolute atomic E-state index is 14.0. The third kappa shape index (κ3) is 7.55. The first kappa shape index (κ1) is 31.0. The van der Waals surface area contributed by atoms with Gasteiger partial charge in [0.1, 0.15) is 18.3 Å². The largest absolute Gasteiger partial charge is 0.495 e. The molecule has 214 valence electrons. The number of halogens is 1. The highest BCUT2D eigenvalue weighted by molar-refractivity contribution is 7.92. The van der Waals surface area contributed by atoms with Crippen LogP contribution in [0, 0.1) is 6.92 Å². The van der Waals surface area contributed by atoms with Crippen LogP contribution in [0.5, 0.6) is 5.75 Å². The summed E-state index contributed by atoms with van der Waals surface area (Å²) < 4.78 is 33.9. The lowest BCUT2D eigenvalue weighted by molar-refractivity contribution is -0.139. The van der Waals surface area contributed by atoms with Crippen LogP contribution in [0.25, 0.3) is 0 Å². The fourth-order valence-corrected chi connectivity index (χ4v) is 5.68. The van der Waals surface area contributed by atoms with Gasteiger partial charge in [-0.2, -0.15) is 0 Å². The molecule has 0 aromatic heterocycles. The minimum absolute atomic E-state index is 0.0161. The van der Waals surface area contributed by atoms with Gasteiger partial charge < -0.3 is 15.0 Å². The Balaban J connectivity index is 2.04. The van der Waals surface area contributed by atoms with Crippen LogP contribution in [-0.4, -0.2) is 50.9 Å². The zero-order valence-electron chi connectivity index (χ0n) is 23.4. The molecule has 0 aliphatic carbocycles. The van der Waals surface area contributed by atoms with Crippen molar-refractivity contribution in [3.8, 4) is 5.75 Å². The molecule has 0 saturated heterocycles. The average molecular weight is 586 g/mol. The predicted octanol–water partition coefficient (Wildman–Crippen LogP) is 5.18. The molecule has 0 saturated carbocycles. The van der Waals surface area contributed by atoms with E-state index in [2.05, 4.69) is 5.32 Å². The monoisotopic (exact) mass is 585 g/mol. The average Bonchev–Trinajstić information content (AvgIpc) is 2.95. The van der Waals surface area contributed by atoms with Gasteiger partial charge in [-0.25, -0.2) is 8.42 Å². The van der Waals surface area contributed by atoms with Crippen molar-refractivity contribution in [2.75, 3.05) is 18.0 Å². The molecule has 2 atom stereocenters. The van der Waals surface area contributed by atoms with E-state index < -0.39 is 28.5 Å². The van der Waals surface area contributed by atoms with E-state index in [9.17, 15) is 18.0 Å². The van der Waals surface area contributed by atoms with Crippen LogP contribution >= 0.6 is 11.6 Å². The second-order valence-corrected chi connectivity index (χ2v) is 11.9. The van der Waals surface area contributed by atoms with Gasteiger partial charge in [0, 0.05) is 12.6 Å². The Kier molecular flexibility index (Phi) is 10.6. The predicted molar refractivity (Wildman–Crippen MR) is 158 cm³/mol. The number of methoxy groups -OCH3 is 1. The van der Waals surface area contributed by atoms with Gasteiger partial charge >= 0.3 is 0 Å². The first-order chi connectivity index (χ1) is 19.0. The number of benzene rings is 3. The van der Waals surface area contributed by atoms with E-state index in [1.165, 1.54) is 36.3 Å². The Morgan fingerprint density at radius 3 is 2.23 bits per heavy atom. The number of carbonyl (C=O) groups excluding carboxylic acids is 2. The standard InChI is InChI=1S/C30H36ClN3O5S/c1-6-22(3)32-30(36)23(4)33(19-24-14-12-21(2)13-15-24)29(35)20-34(25-16-17-28(39-5)27(31)18-25)40(37,38)26-10-8-7-9-11-26/h7-18,22-23H,6,19-20H2,1-5H3,(H,32,36). The molecular weight excluding hydrogens is 550 g/mol. The van der Waals surface area contributed by atoms with Crippen LogP contribution in [0.4, 0.5) is 5.69 Å². The molecule has 3 aromatic rings. The lowest BCUT2D eigenvalue weighted by Crippen LogP contribution is -2.52. The van der Waals surface area contributed by atoms with E-state index in [1.54, 1.807) is 31.2 Å². The number of sulfonamides is 1. The van der Waals surface area contributed by atoms with E-state index in [1.807, 2.05) is 45.0 Å². The number of nitrogens with zero attached hydrogens (tertiary/aromatic N) is 2. The van der Waals surface area contributed by atoms with Gasteiger partial charge in [-0.1, -0.05) is 66.6 Å². The fraction of sp³-hybridized carbons (Fsp3) is 0.333. The molecule has 2 unspecified atom stereocenters. The molecule has 0 bridgehead atoms. The van der Waals surface area contributed by atoms with E-state index >= 15 is 0 Å². The molecule has 0 aliphatic heterocycles. The van der Waals surface area contributed by atoms with Crippen molar-refractivity contribution in [2.24, 2.45) is 0 Å². The molecule has 3 aromatic carbocycles. The second kappa shape index (κ2) is 13.7. The van der Waals surface area contributed by atoms with Crippen LogP contribution in [0.1, 0.15) is 38.3 Å². The third-order valence-corrected chi connectivity index (χ3v) is 8.76. The summed E-state index contributed by atoms with van der Waals surface area (Å²) in [5.74, 6) is -0.497. The first-order valence-corrected chi connectivity index (χ1v) is 14.9. The van der Waals surface area contributed by atoms with Crippen molar-refractivity contribution >= 4 is 39.1 Å². The SMILES string of the molecule is CCC(C)NC(=O)C(C)N(Cc1ccc(C)cc1)C(=O)CN(c1ccc(OC)c(Cl)c1)S(=O)(=O)c1ccccc1. The molecule has 0 aliphatic rings. The second-order valence-electron chi connectivity index (χ2n) is 9.64. The molecule has 0 heterocycles. The van der Waals surface area contributed by atoms with E-state index in [0.29, 0.717) is 5.75 Å². The molecule has 1 N–H and O–H groups in total. The number of hydrogen-bond acceptors (Lipinski definition) is 5. The number of hydrogen-bond donors (Lipinski definition) is 1. The Labute approximate surface area is 241 Å². The van der Waals surface area contributed by atoms with Gasteiger partial charge in [0.05, 0.1) is 22.7 Å². The number of aryl methyl sites for hydroxylation is 1. The van der Waals surface area contributed by atoms with E-state index in [4.69, 9.17) is 16.3 Å². The lowest BCUT2D eigenvalue weighted by Gasteiger charge is -2.32. The summed E-state index contributed by atoms with van der Waals surface area (Å²) in [7, 11) is -2.72. The van der Waals surface area contributed by atoms with Crippen molar-refractivity contribution in [3.05, 3.63) is 88.9 Å². The minimum atomic E-state index is -4.18. The highest BCUT2D eigenvalue weighted by Crippen LogP contribution is 2.32. The van der Waals surface area contributed by atoms with Gasteiger partial charge in [-0.05, 0) is 63.1 Å². The van der Waals surface area contributed by atoms with Crippen LogP contribution in [0.2, 0.25) is 5.02 Å². The first-order valence-electron chi connectivity index (χ1n) is 13.0. The van der Waals surface area contributed by atoms with Crippen LogP contribution < -0.4 is 14.4 Å². The number of amides is 2. The third-order valence-electron chi connectivity index (χ3n) is 6.68. The fourth-order valence-electron chi connectivity index (χ4n) is 4.00. The van der Waals surface area contributed by atoms with Crippen molar-refractivity contribution in [1.82, 2.24) is 10.2 Å². The quantitative estimate of drug-likeness (QED) is 0.316. The summed E-state index contributed by atoms with van der Waals surface area (Å²) in [5.41, 5.74) is 2.06. The maximum atomic E-state index is 14.0. The highest BCUT2D eigenvalue weighted by Gasteiger charge is 2.33. The molecule has 10 heteroatoms. The van der Waals surface area contributed by atoms with Crippen molar-refractivity contribution in [3.63, 3.8) is 0 Å². The van der Waals surface area contributed by atoms with Gasteiger partial charge in [-0.15, -0.1) is 0 Å². The molecule has 2 amide bonds. The molecule has 0 spiro atoms. The smallest absolute Gasteiger partial charge is 0.264 e. The summed E-state index contributed by atoms with van der Waals surface area (Å²) >= 11 is 6.35. The Bertz CT molecular complexity index is 1420. The van der Waals surface area contributed by atoms with Crippen LogP contribution in [-0.2, 0) is 26.2 Å². The topological polar surface area (TPSA) is 96.0 Å². The van der Waals surface area contributed by atoms with E-state index in [0.717, 1.165) is 21.9 Å². The summed E-state index contributed by atoms with van der Waals surface area (Å²) in [5, 5.41) is 3.12.